The van der Waals surface area contributed by atoms with E-state index in [0.29, 0.717) is 5.89 Å². The Labute approximate surface area is 86.0 Å². The van der Waals surface area contributed by atoms with E-state index >= 15 is 0 Å². The topological polar surface area (TPSA) is 38.9 Å². The maximum atomic E-state index is 5.75. The van der Waals surface area contributed by atoms with Crippen molar-refractivity contribution in [3.63, 3.8) is 0 Å². The molecule has 0 bridgehead atoms. The van der Waals surface area contributed by atoms with Crippen molar-refractivity contribution in [2.45, 2.75) is 0 Å². The van der Waals surface area contributed by atoms with Gasteiger partial charge in [-0.25, -0.2) is 0 Å². The first-order valence-corrected chi connectivity index (χ1v) is 4.42. The Kier molecular flexibility index (Phi) is 2.60. The molecule has 14 heavy (non-hydrogen) atoms. The van der Waals surface area contributed by atoms with Crippen LogP contribution in [0.4, 0.5) is 0 Å². The highest BCUT2D eigenvalue weighted by atomic mass is 35.5. The first kappa shape index (κ1) is 8.97. The molecule has 0 fully saturated rings. The molecule has 0 aliphatic heterocycles. The number of benzene rings is 1. The van der Waals surface area contributed by atoms with Gasteiger partial charge in [0.05, 0.1) is 0 Å². The van der Waals surface area contributed by atoms with Crippen LogP contribution in [0, 0.1) is 0 Å². The number of aromatic nitrogens is 2. The second-order valence-corrected chi connectivity index (χ2v) is 3.10. The lowest BCUT2D eigenvalue weighted by Crippen LogP contribution is -1.72. The number of hydrogen-bond acceptors (Lipinski definition) is 3. The molecule has 1 heterocycles. The van der Waals surface area contributed by atoms with Crippen LogP contribution in [-0.4, -0.2) is 10.2 Å². The summed E-state index contributed by atoms with van der Waals surface area (Å²) in [7, 11) is 0. The number of hydrogen-bond donors (Lipinski definition) is 0. The van der Waals surface area contributed by atoms with Gasteiger partial charge in [-0.1, -0.05) is 23.7 Å². The third-order valence-electron chi connectivity index (χ3n) is 1.67. The fourth-order valence-electron chi connectivity index (χ4n) is 0.996. The van der Waals surface area contributed by atoms with Crippen LogP contribution in [0.25, 0.3) is 12.2 Å². The van der Waals surface area contributed by atoms with Gasteiger partial charge in [0.1, 0.15) is 0 Å². The first-order chi connectivity index (χ1) is 6.84. The molecule has 0 aliphatic carbocycles. The van der Waals surface area contributed by atoms with Gasteiger partial charge in [-0.05, 0) is 23.8 Å². The average molecular weight is 207 g/mol. The second-order valence-electron chi connectivity index (χ2n) is 2.66. The molecule has 4 heteroatoms. The smallest absolute Gasteiger partial charge is 0.240 e. The maximum Gasteiger partial charge on any atom is 0.240 e. The van der Waals surface area contributed by atoms with Crippen LogP contribution in [0.2, 0.25) is 5.02 Å². The van der Waals surface area contributed by atoms with E-state index in [2.05, 4.69) is 10.2 Å². The van der Waals surface area contributed by atoms with Crippen molar-refractivity contribution in [1.82, 2.24) is 10.2 Å². The average Bonchev–Trinajstić information content (AvgIpc) is 2.70. The Morgan fingerprint density at radius 2 is 1.93 bits per heavy atom. The highest BCUT2D eigenvalue weighted by Gasteiger charge is 1.91. The van der Waals surface area contributed by atoms with Crippen molar-refractivity contribution in [2.24, 2.45) is 0 Å². The summed E-state index contributed by atoms with van der Waals surface area (Å²) in [6.07, 6.45) is 4.92. The maximum absolute atomic E-state index is 5.75. The number of halogens is 1. The molecule has 2 rings (SSSR count). The minimum absolute atomic E-state index is 0.486. The van der Waals surface area contributed by atoms with Crippen LogP contribution in [-0.2, 0) is 0 Å². The number of rotatable bonds is 2. The standard InChI is InChI=1S/C10H7ClN2O/c11-9-4-1-8(2-5-9)3-6-10-13-12-7-14-10/h1-7H. The molecule has 0 saturated carbocycles. The van der Waals surface area contributed by atoms with Gasteiger partial charge in [0.15, 0.2) is 0 Å². The van der Waals surface area contributed by atoms with Gasteiger partial charge in [0.2, 0.25) is 12.3 Å². The van der Waals surface area contributed by atoms with Gasteiger partial charge < -0.3 is 4.42 Å². The van der Waals surface area contributed by atoms with Crippen LogP contribution in [0.5, 0.6) is 0 Å². The third-order valence-corrected chi connectivity index (χ3v) is 1.92. The molecule has 3 nitrogen and oxygen atoms in total. The quantitative estimate of drug-likeness (QED) is 0.759. The zero-order chi connectivity index (χ0) is 9.80. The predicted octanol–water partition coefficient (Wildman–Crippen LogP) is 2.89. The van der Waals surface area contributed by atoms with E-state index in [4.69, 9.17) is 16.0 Å². The van der Waals surface area contributed by atoms with Gasteiger partial charge in [-0.3, -0.25) is 0 Å². The van der Waals surface area contributed by atoms with Crippen LogP contribution >= 0.6 is 11.6 Å². The monoisotopic (exact) mass is 206 g/mol. The summed E-state index contributed by atoms with van der Waals surface area (Å²) in [6, 6.07) is 7.48. The Morgan fingerprint density at radius 3 is 2.57 bits per heavy atom. The van der Waals surface area contributed by atoms with Gasteiger partial charge in [-0.2, -0.15) is 0 Å². The highest BCUT2D eigenvalue weighted by molar-refractivity contribution is 6.30. The lowest BCUT2D eigenvalue weighted by Gasteiger charge is -1.91. The van der Waals surface area contributed by atoms with Gasteiger partial charge >= 0.3 is 0 Å². The van der Waals surface area contributed by atoms with Crippen molar-refractivity contribution in [3.05, 3.63) is 47.1 Å². The van der Waals surface area contributed by atoms with E-state index in [-0.39, 0.29) is 0 Å². The molecule has 0 unspecified atom stereocenters. The van der Waals surface area contributed by atoms with Crippen LogP contribution in [0.1, 0.15) is 11.5 Å². The molecule has 0 spiro atoms. The fraction of sp³-hybridized carbons (Fsp3) is 0. The van der Waals surface area contributed by atoms with E-state index in [1.54, 1.807) is 6.08 Å². The summed E-state index contributed by atoms with van der Waals surface area (Å²) in [5, 5.41) is 8.00. The van der Waals surface area contributed by atoms with Crippen molar-refractivity contribution < 1.29 is 4.42 Å². The predicted molar refractivity (Wildman–Crippen MR) is 54.7 cm³/mol. The zero-order valence-corrected chi connectivity index (χ0v) is 7.98. The Balaban J connectivity index is 2.15. The molecule has 0 aliphatic rings. The van der Waals surface area contributed by atoms with Crippen molar-refractivity contribution in [3.8, 4) is 0 Å². The Morgan fingerprint density at radius 1 is 1.14 bits per heavy atom. The molecule has 0 amide bonds. The third kappa shape index (κ3) is 2.20. The largest absolute Gasteiger partial charge is 0.424 e. The molecule has 70 valence electrons. The van der Waals surface area contributed by atoms with E-state index in [1.807, 2.05) is 30.3 Å². The van der Waals surface area contributed by atoms with Crippen molar-refractivity contribution in [2.75, 3.05) is 0 Å². The summed E-state index contributed by atoms with van der Waals surface area (Å²) in [5.41, 5.74) is 1.03. The van der Waals surface area contributed by atoms with E-state index in [0.717, 1.165) is 10.6 Å². The minimum atomic E-state index is 0.486. The van der Waals surface area contributed by atoms with Crippen LogP contribution in [0.3, 0.4) is 0 Å². The molecule has 0 saturated heterocycles. The van der Waals surface area contributed by atoms with Crippen LogP contribution in [0.15, 0.2) is 35.1 Å². The molecular weight excluding hydrogens is 200 g/mol. The molecule has 1 aromatic carbocycles. The summed E-state index contributed by atoms with van der Waals surface area (Å²) >= 11 is 5.75. The summed E-state index contributed by atoms with van der Waals surface area (Å²) in [4.78, 5) is 0. The summed E-state index contributed by atoms with van der Waals surface area (Å²) in [5.74, 6) is 0.486. The van der Waals surface area contributed by atoms with Gasteiger partial charge in [0, 0.05) is 11.1 Å². The highest BCUT2D eigenvalue weighted by Crippen LogP contribution is 2.11. The lowest BCUT2D eigenvalue weighted by molar-refractivity contribution is 0.543. The molecule has 2 aromatic rings. The van der Waals surface area contributed by atoms with E-state index in [9.17, 15) is 0 Å². The lowest BCUT2D eigenvalue weighted by atomic mass is 10.2. The van der Waals surface area contributed by atoms with E-state index in [1.165, 1.54) is 6.39 Å². The van der Waals surface area contributed by atoms with Crippen molar-refractivity contribution >= 4 is 23.8 Å². The molecule has 0 atom stereocenters. The Bertz CT molecular complexity index is 420. The molecule has 1 aromatic heterocycles. The van der Waals surface area contributed by atoms with Crippen LogP contribution < -0.4 is 0 Å². The first-order valence-electron chi connectivity index (χ1n) is 4.04. The molecule has 0 radical (unpaired) electrons. The van der Waals surface area contributed by atoms with Crippen molar-refractivity contribution in [1.29, 1.82) is 0 Å². The minimum Gasteiger partial charge on any atom is -0.424 e. The number of nitrogens with zero attached hydrogens (tertiary/aromatic N) is 2. The SMILES string of the molecule is Clc1ccc(C=Cc2nnco2)cc1. The summed E-state index contributed by atoms with van der Waals surface area (Å²) < 4.78 is 4.94. The Hall–Kier alpha value is -1.61. The van der Waals surface area contributed by atoms with Gasteiger partial charge in [-0.15, -0.1) is 10.2 Å². The summed E-state index contributed by atoms with van der Waals surface area (Å²) in [6.45, 7) is 0. The fourth-order valence-corrected chi connectivity index (χ4v) is 1.12. The molecular formula is C10H7ClN2O. The molecule has 0 N–H and O–H groups in total. The zero-order valence-electron chi connectivity index (χ0n) is 7.22. The normalized spacial score (nSPS) is 10.9. The van der Waals surface area contributed by atoms with E-state index < -0.39 is 0 Å². The second kappa shape index (κ2) is 4.07. The van der Waals surface area contributed by atoms with Gasteiger partial charge in [0.25, 0.3) is 0 Å².